The molecule has 5 heteroatoms. The van der Waals surface area contributed by atoms with E-state index in [1.165, 1.54) is 186 Å². The zero-order valence-corrected chi connectivity index (χ0v) is 36.1. The minimum Gasteiger partial charge on any atom is -0.394 e. The average Bonchev–Trinajstić information content (AvgIpc) is 3.18. The normalized spacial score (nSPS) is 13.8. The lowest BCUT2D eigenvalue weighted by Gasteiger charge is -2.21. The molecule has 0 aliphatic carbocycles. The molecule has 0 saturated heterocycles. The van der Waals surface area contributed by atoms with Crippen LogP contribution in [0.3, 0.4) is 0 Å². The third-order valence-electron chi connectivity index (χ3n) is 11.0. The molecule has 0 aromatic heterocycles. The largest absolute Gasteiger partial charge is 0.394 e. The topological polar surface area (TPSA) is 89.8 Å². The van der Waals surface area contributed by atoms with E-state index in [9.17, 15) is 20.1 Å². The van der Waals surface area contributed by atoms with E-state index in [0.717, 1.165) is 38.5 Å². The van der Waals surface area contributed by atoms with Crippen molar-refractivity contribution in [3.8, 4) is 0 Å². The summed E-state index contributed by atoms with van der Waals surface area (Å²) in [5.74, 6) is -0.507. The van der Waals surface area contributed by atoms with Crippen molar-refractivity contribution >= 4 is 5.91 Å². The molecule has 0 aromatic rings. The molecule has 0 bridgehead atoms. The van der Waals surface area contributed by atoms with Gasteiger partial charge in [-0.25, -0.2) is 0 Å². The average molecular weight is 760 g/mol. The molecule has 4 N–H and O–H groups in total. The zero-order chi connectivity index (χ0) is 39.4. The first kappa shape index (κ1) is 52.6. The Hall–Kier alpha value is -1.43. The Labute approximate surface area is 336 Å². The number of rotatable bonds is 43. The molecule has 318 valence electrons. The van der Waals surface area contributed by atoms with E-state index in [4.69, 9.17) is 0 Å². The number of aliphatic hydroxyl groups is 3. The monoisotopic (exact) mass is 760 g/mol. The van der Waals surface area contributed by atoms with Crippen LogP contribution in [0.5, 0.6) is 0 Å². The van der Waals surface area contributed by atoms with E-state index >= 15 is 0 Å². The van der Waals surface area contributed by atoms with Gasteiger partial charge in [0, 0.05) is 0 Å². The lowest BCUT2D eigenvalue weighted by Crippen LogP contribution is -2.48. The van der Waals surface area contributed by atoms with Gasteiger partial charge in [0.2, 0.25) is 5.91 Å². The zero-order valence-electron chi connectivity index (χ0n) is 36.1. The molecule has 3 unspecified atom stereocenters. The summed E-state index contributed by atoms with van der Waals surface area (Å²) in [6.07, 6.45) is 56.1. The van der Waals surface area contributed by atoms with Crippen LogP contribution in [0.15, 0.2) is 36.5 Å². The second-order valence-electron chi connectivity index (χ2n) is 16.3. The number of allylic oxidation sites excluding steroid dienone is 5. The standard InChI is InChI=1S/C49H93NO4/c1-3-5-7-9-11-13-15-17-19-21-22-23-24-25-26-27-28-30-32-34-36-38-40-42-44-48(53)49(54)50-46(45-51)47(52)43-41-39-37-35-33-31-29-20-18-16-14-12-10-8-6-4-2/h22-23,25-26,41,43,46-48,51-53H,3-21,24,27-40,42,44-45H2,1-2H3,(H,50,54)/b23-22-,26-25-,43-41+. The van der Waals surface area contributed by atoms with Crippen LogP contribution in [0.4, 0.5) is 0 Å². The van der Waals surface area contributed by atoms with Crippen LogP contribution < -0.4 is 5.32 Å². The molecule has 5 nitrogen and oxygen atoms in total. The molecule has 0 fully saturated rings. The van der Waals surface area contributed by atoms with Crippen LogP contribution >= 0.6 is 0 Å². The molecule has 0 aliphatic rings. The Morgan fingerprint density at radius 2 is 0.796 bits per heavy atom. The maximum Gasteiger partial charge on any atom is 0.249 e. The summed E-state index contributed by atoms with van der Waals surface area (Å²) in [4.78, 5) is 12.5. The minimum absolute atomic E-state index is 0.365. The van der Waals surface area contributed by atoms with Gasteiger partial charge in [0.15, 0.2) is 0 Å². The van der Waals surface area contributed by atoms with Crippen molar-refractivity contribution in [2.24, 2.45) is 0 Å². The van der Waals surface area contributed by atoms with E-state index in [-0.39, 0.29) is 6.61 Å². The quantitative estimate of drug-likeness (QED) is 0.0368. The van der Waals surface area contributed by atoms with Gasteiger partial charge in [-0.3, -0.25) is 4.79 Å². The second-order valence-corrected chi connectivity index (χ2v) is 16.3. The third kappa shape index (κ3) is 38.8. The molecule has 0 rings (SSSR count). The fraction of sp³-hybridized carbons (Fsp3) is 0.857. The maximum atomic E-state index is 12.5. The molecule has 0 saturated carbocycles. The Morgan fingerprint density at radius 3 is 1.17 bits per heavy atom. The van der Waals surface area contributed by atoms with E-state index in [0.29, 0.717) is 6.42 Å². The van der Waals surface area contributed by atoms with E-state index in [1.54, 1.807) is 6.08 Å². The van der Waals surface area contributed by atoms with Gasteiger partial charge in [0.05, 0.1) is 18.8 Å². The highest BCUT2D eigenvalue weighted by atomic mass is 16.3. The number of aliphatic hydroxyl groups excluding tert-OH is 3. The van der Waals surface area contributed by atoms with Gasteiger partial charge < -0.3 is 20.6 Å². The van der Waals surface area contributed by atoms with Gasteiger partial charge in [-0.15, -0.1) is 0 Å². The highest BCUT2D eigenvalue weighted by molar-refractivity contribution is 5.80. The summed E-state index contributed by atoms with van der Waals surface area (Å²) in [7, 11) is 0. The van der Waals surface area contributed by atoms with Gasteiger partial charge >= 0.3 is 0 Å². The molecule has 0 aromatic carbocycles. The summed E-state index contributed by atoms with van der Waals surface area (Å²) in [6, 6.07) is -0.800. The predicted octanol–water partition coefficient (Wildman–Crippen LogP) is 13.9. The number of carbonyl (C=O) groups is 1. The van der Waals surface area contributed by atoms with Gasteiger partial charge in [-0.1, -0.05) is 230 Å². The molecule has 1 amide bonds. The SMILES string of the molecule is CCCCCCCCCCC/C=C\C/C=C\CCCCCCCCCCC(O)C(=O)NC(CO)C(O)/C=C/CCCCCCCCCCCCCCCC. The third-order valence-corrected chi connectivity index (χ3v) is 11.0. The van der Waals surface area contributed by atoms with Crippen molar-refractivity contribution in [1.82, 2.24) is 5.32 Å². The summed E-state index contributed by atoms with van der Waals surface area (Å²) >= 11 is 0. The maximum absolute atomic E-state index is 12.5. The number of hydrogen-bond acceptors (Lipinski definition) is 4. The van der Waals surface area contributed by atoms with Crippen LogP contribution in [-0.4, -0.2) is 46.1 Å². The van der Waals surface area contributed by atoms with E-state index in [1.807, 2.05) is 6.08 Å². The van der Waals surface area contributed by atoms with Crippen molar-refractivity contribution in [1.29, 1.82) is 0 Å². The van der Waals surface area contributed by atoms with Crippen molar-refractivity contribution < 1.29 is 20.1 Å². The van der Waals surface area contributed by atoms with Crippen molar-refractivity contribution in [2.75, 3.05) is 6.61 Å². The fourth-order valence-electron chi connectivity index (χ4n) is 7.22. The van der Waals surface area contributed by atoms with Crippen LogP contribution in [-0.2, 0) is 4.79 Å². The number of unbranched alkanes of at least 4 members (excludes halogenated alkanes) is 31. The van der Waals surface area contributed by atoms with Gasteiger partial charge in [-0.05, 0) is 51.4 Å². The number of amides is 1. The smallest absolute Gasteiger partial charge is 0.249 e. The summed E-state index contributed by atoms with van der Waals surface area (Å²) in [5.41, 5.74) is 0. The Morgan fingerprint density at radius 1 is 0.463 bits per heavy atom. The highest BCUT2D eigenvalue weighted by Crippen LogP contribution is 2.15. The molecule has 0 aliphatic heterocycles. The number of nitrogens with one attached hydrogen (secondary N) is 1. The number of hydrogen-bond donors (Lipinski definition) is 4. The lowest BCUT2D eigenvalue weighted by molar-refractivity contribution is -0.131. The molecule has 54 heavy (non-hydrogen) atoms. The van der Waals surface area contributed by atoms with Crippen LogP contribution in [0, 0.1) is 0 Å². The molecular weight excluding hydrogens is 667 g/mol. The van der Waals surface area contributed by atoms with Crippen LogP contribution in [0.25, 0.3) is 0 Å². The summed E-state index contributed by atoms with van der Waals surface area (Å²) < 4.78 is 0. The first-order chi connectivity index (χ1) is 26.6. The Kier molecular flexibility index (Phi) is 43.1. The minimum atomic E-state index is -1.10. The number of carbonyl (C=O) groups excluding carboxylic acids is 1. The van der Waals surface area contributed by atoms with Gasteiger partial charge in [0.25, 0.3) is 0 Å². The molecule has 3 atom stereocenters. The predicted molar refractivity (Wildman–Crippen MR) is 236 cm³/mol. The lowest BCUT2D eigenvalue weighted by atomic mass is 10.0. The summed E-state index contributed by atoms with van der Waals surface area (Å²) in [5, 5.41) is 33.2. The highest BCUT2D eigenvalue weighted by Gasteiger charge is 2.22. The van der Waals surface area contributed by atoms with Crippen molar-refractivity contribution in [3.63, 3.8) is 0 Å². The summed E-state index contributed by atoms with van der Waals surface area (Å²) in [6.45, 7) is 4.19. The van der Waals surface area contributed by atoms with Gasteiger partial charge in [0.1, 0.15) is 6.10 Å². The molecular formula is C49H93NO4. The Bertz CT molecular complexity index is 840. The van der Waals surface area contributed by atoms with E-state index in [2.05, 4.69) is 43.5 Å². The van der Waals surface area contributed by atoms with Crippen molar-refractivity contribution in [3.05, 3.63) is 36.5 Å². The first-order valence-corrected chi connectivity index (χ1v) is 23.8. The second kappa shape index (κ2) is 44.3. The van der Waals surface area contributed by atoms with Gasteiger partial charge in [-0.2, -0.15) is 0 Å². The van der Waals surface area contributed by atoms with E-state index < -0.39 is 24.2 Å². The first-order valence-electron chi connectivity index (χ1n) is 23.8. The van der Waals surface area contributed by atoms with Crippen LogP contribution in [0.1, 0.15) is 245 Å². The molecule has 0 radical (unpaired) electrons. The molecule has 0 spiro atoms. The van der Waals surface area contributed by atoms with Crippen molar-refractivity contribution in [2.45, 2.75) is 263 Å². The fourth-order valence-corrected chi connectivity index (χ4v) is 7.22. The van der Waals surface area contributed by atoms with Crippen LogP contribution in [0.2, 0.25) is 0 Å². The molecule has 0 heterocycles. The Balaban J connectivity index is 3.65.